The lowest BCUT2D eigenvalue weighted by molar-refractivity contribution is -0.385. The smallest absolute Gasteiger partial charge is 0.507 e. The molecule has 2 rings (SSSR count). The monoisotopic (exact) mass is 342 g/mol. The topological polar surface area (TPSA) is 98.6 Å². The minimum absolute atomic E-state index is 0.107. The molecule has 0 heterocycles. The minimum Gasteiger partial charge on any atom is -0.507 e. The maximum Gasteiger partial charge on any atom is 0.573 e. The number of nitro benzene ring substituents is 1. The van der Waals surface area contributed by atoms with Crippen molar-refractivity contribution in [1.82, 2.24) is 0 Å². The number of rotatable bonds is 4. The summed E-state index contributed by atoms with van der Waals surface area (Å²) in [6.07, 6.45) is -4.82. The fourth-order valence-electron chi connectivity index (χ4n) is 2.22. The van der Waals surface area contributed by atoms with Gasteiger partial charge in [-0.2, -0.15) is 0 Å². The summed E-state index contributed by atoms with van der Waals surface area (Å²) in [5.41, 5.74) is 6.17. The third-order valence-corrected chi connectivity index (χ3v) is 3.38. The van der Waals surface area contributed by atoms with E-state index in [-0.39, 0.29) is 22.6 Å². The van der Waals surface area contributed by atoms with Crippen LogP contribution in [0.2, 0.25) is 0 Å². The van der Waals surface area contributed by atoms with Crippen LogP contribution in [0.1, 0.15) is 22.7 Å². The summed E-state index contributed by atoms with van der Waals surface area (Å²) in [6.45, 7) is 1.55. The molecule has 2 aromatic carbocycles. The van der Waals surface area contributed by atoms with Crippen molar-refractivity contribution in [3.05, 3.63) is 63.2 Å². The van der Waals surface area contributed by atoms with Gasteiger partial charge >= 0.3 is 6.36 Å². The second kappa shape index (κ2) is 6.36. The summed E-state index contributed by atoms with van der Waals surface area (Å²) >= 11 is 0. The first-order valence-electron chi connectivity index (χ1n) is 6.68. The zero-order valence-electron chi connectivity index (χ0n) is 12.4. The van der Waals surface area contributed by atoms with Crippen molar-refractivity contribution < 1.29 is 27.9 Å². The molecule has 24 heavy (non-hydrogen) atoms. The van der Waals surface area contributed by atoms with E-state index in [1.165, 1.54) is 24.3 Å². The maximum atomic E-state index is 12.1. The molecule has 6 nitrogen and oxygen atoms in total. The molecule has 0 aliphatic heterocycles. The molecule has 0 aliphatic carbocycles. The number of phenols is 1. The van der Waals surface area contributed by atoms with Crippen LogP contribution in [0.15, 0.2) is 36.4 Å². The van der Waals surface area contributed by atoms with Gasteiger partial charge in [-0.1, -0.05) is 12.1 Å². The molecule has 0 radical (unpaired) electrons. The predicted molar refractivity (Wildman–Crippen MR) is 78.7 cm³/mol. The minimum atomic E-state index is -4.82. The molecule has 1 atom stereocenters. The molecule has 128 valence electrons. The highest BCUT2D eigenvalue weighted by Crippen LogP contribution is 2.38. The summed E-state index contributed by atoms with van der Waals surface area (Å²) in [6, 6.07) is 6.08. The zero-order chi connectivity index (χ0) is 18.1. The molecule has 0 saturated heterocycles. The van der Waals surface area contributed by atoms with Crippen molar-refractivity contribution in [3.8, 4) is 11.5 Å². The lowest BCUT2D eigenvalue weighted by atomic mass is 9.95. The van der Waals surface area contributed by atoms with E-state index >= 15 is 0 Å². The number of aryl methyl sites for hydroxylation is 1. The Bertz CT molecular complexity index is 761. The highest BCUT2D eigenvalue weighted by atomic mass is 19.4. The van der Waals surface area contributed by atoms with E-state index < -0.39 is 23.1 Å². The molecule has 0 fully saturated rings. The number of halogens is 3. The molecule has 0 aliphatic rings. The molecular weight excluding hydrogens is 329 g/mol. The van der Waals surface area contributed by atoms with Gasteiger partial charge in [-0.05, 0) is 36.2 Å². The SMILES string of the molecule is Cc1ccc([N+](=O)[O-])c([C@@H](N)c2ccc(OC(F)(F)F)cc2)c1O. The highest BCUT2D eigenvalue weighted by Gasteiger charge is 2.31. The number of hydrogen-bond donors (Lipinski definition) is 2. The Labute approximate surface area is 134 Å². The van der Waals surface area contributed by atoms with Crippen molar-refractivity contribution in [2.24, 2.45) is 5.73 Å². The zero-order valence-corrected chi connectivity index (χ0v) is 12.4. The first kappa shape index (κ1) is 17.5. The normalized spacial score (nSPS) is 12.7. The Morgan fingerprint density at radius 2 is 1.79 bits per heavy atom. The third-order valence-electron chi connectivity index (χ3n) is 3.38. The summed E-state index contributed by atoms with van der Waals surface area (Å²) in [4.78, 5) is 10.4. The van der Waals surface area contributed by atoms with Crippen LogP contribution in [0.3, 0.4) is 0 Å². The number of nitrogens with two attached hydrogens (primary N) is 1. The Hall–Kier alpha value is -2.81. The summed E-state index contributed by atoms with van der Waals surface area (Å²) in [5.74, 6) is -0.770. The number of phenolic OH excluding ortho intramolecular Hbond substituents is 1. The van der Waals surface area contributed by atoms with Crippen LogP contribution in [0.25, 0.3) is 0 Å². The van der Waals surface area contributed by atoms with E-state index in [2.05, 4.69) is 4.74 Å². The standard InChI is InChI=1S/C15H13F3N2O4/c1-8-2-7-11(20(22)23)12(14(8)21)13(19)9-3-5-10(6-4-9)24-15(16,17)18/h2-7,13,21H,19H2,1H3/t13-/m0/s1. The number of aromatic hydroxyl groups is 1. The predicted octanol–water partition coefficient (Wildman–Crippen LogP) is 3.56. The van der Waals surface area contributed by atoms with E-state index in [1.807, 2.05) is 0 Å². The van der Waals surface area contributed by atoms with Gasteiger partial charge in [0.2, 0.25) is 0 Å². The van der Waals surface area contributed by atoms with Crippen molar-refractivity contribution in [2.75, 3.05) is 0 Å². The van der Waals surface area contributed by atoms with Gasteiger partial charge in [-0.15, -0.1) is 13.2 Å². The molecule has 0 spiro atoms. The molecule has 0 saturated carbocycles. The molecule has 9 heteroatoms. The lowest BCUT2D eigenvalue weighted by Gasteiger charge is -2.16. The first-order valence-corrected chi connectivity index (χ1v) is 6.68. The number of ether oxygens (including phenoxy) is 1. The van der Waals surface area contributed by atoms with Crippen LogP contribution in [-0.2, 0) is 0 Å². The second-order valence-electron chi connectivity index (χ2n) is 5.02. The second-order valence-corrected chi connectivity index (χ2v) is 5.02. The molecule has 3 N–H and O–H groups in total. The first-order chi connectivity index (χ1) is 11.1. The van der Waals surface area contributed by atoms with Crippen molar-refractivity contribution >= 4 is 5.69 Å². The Kier molecular flexibility index (Phi) is 4.65. The molecule has 0 amide bonds. The number of benzene rings is 2. The van der Waals surface area contributed by atoms with Gasteiger partial charge in [0, 0.05) is 6.07 Å². The molecule has 2 aromatic rings. The Morgan fingerprint density at radius 3 is 2.29 bits per heavy atom. The quantitative estimate of drug-likeness (QED) is 0.654. The van der Waals surface area contributed by atoms with Gasteiger partial charge in [-0.3, -0.25) is 10.1 Å². The van der Waals surface area contributed by atoms with Gasteiger partial charge in [0.15, 0.2) is 0 Å². The average Bonchev–Trinajstić information content (AvgIpc) is 2.48. The number of alkyl halides is 3. The number of nitrogens with zero attached hydrogens (tertiary/aromatic N) is 1. The van der Waals surface area contributed by atoms with Crippen molar-refractivity contribution in [1.29, 1.82) is 0 Å². The van der Waals surface area contributed by atoms with Crippen LogP contribution in [0, 0.1) is 17.0 Å². The van der Waals surface area contributed by atoms with Gasteiger partial charge in [-0.25, -0.2) is 0 Å². The average molecular weight is 342 g/mol. The van der Waals surface area contributed by atoms with Crippen LogP contribution in [-0.4, -0.2) is 16.4 Å². The van der Waals surface area contributed by atoms with E-state index in [1.54, 1.807) is 6.92 Å². The van der Waals surface area contributed by atoms with Gasteiger partial charge in [0.25, 0.3) is 5.69 Å². The molecular formula is C15H13F3N2O4. The van der Waals surface area contributed by atoms with Crippen LogP contribution < -0.4 is 10.5 Å². The highest BCUT2D eigenvalue weighted by molar-refractivity contribution is 5.57. The van der Waals surface area contributed by atoms with Crippen molar-refractivity contribution in [2.45, 2.75) is 19.3 Å². The lowest BCUT2D eigenvalue weighted by Crippen LogP contribution is -2.17. The molecule has 0 aromatic heterocycles. The summed E-state index contributed by atoms with van der Waals surface area (Å²) in [5, 5.41) is 21.2. The number of nitro groups is 1. The maximum absolute atomic E-state index is 12.1. The van der Waals surface area contributed by atoms with E-state index in [9.17, 15) is 28.4 Å². The third kappa shape index (κ3) is 3.74. The number of hydrogen-bond acceptors (Lipinski definition) is 5. The van der Waals surface area contributed by atoms with E-state index in [0.717, 1.165) is 12.1 Å². The van der Waals surface area contributed by atoms with Crippen LogP contribution in [0.5, 0.6) is 11.5 Å². The molecule has 0 unspecified atom stereocenters. The summed E-state index contributed by atoms with van der Waals surface area (Å²) in [7, 11) is 0. The summed E-state index contributed by atoms with van der Waals surface area (Å²) < 4.78 is 40.2. The Morgan fingerprint density at radius 1 is 1.21 bits per heavy atom. The van der Waals surface area contributed by atoms with E-state index in [4.69, 9.17) is 5.73 Å². The molecule has 0 bridgehead atoms. The van der Waals surface area contributed by atoms with Gasteiger partial charge in [0.05, 0.1) is 16.5 Å². The van der Waals surface area contributed by atoms with Crippen molar-refractivity contribution in [3.63, 3.8) is 0 Å². The largest absolute Gasteiger partial charge is 0.573 e. The van der Waals surface area contributed by atoms with Gasteiger partial charge < -0.3 is 15.6 Å². The van der Waals surface area contributed by atoms with E-state index in [0.29, 0.717) is 5.56 Å². The van der Waals surface area contributed by atoms with Crippen LogP contribution in [0.4, 0.5) is 18.9 Å². The Balaban J connectivity index is 2.40. The van der Waals surface area contributed by atoms with Crippen LogP contribution >= 0.6 is 0 Å². The fourth-order valence-corrected chi connectivity index (χ4v) is 2.22. The fraction of sp³-hybridized carbons (Fsp3) is 0.200. The van der Waals surface area contributed by atoms with Gasteiger partial charge in [0.1, 0.15) is 11.5 Å².